The lowest BCUT2D eigenvalue weighted by atomic mass is 9.90. The van der Waals surface area contributed by atoms with Crippen molar-refractivity contribution in [3.63, 3.8) is 0 Å². The molecule has 4 rings (SSSR count). The van der Waals surface area contributed by atoms with Crippen molar-refractivity contribution in [2.24, 2.45) is 0 Å². The Morgan fingerprint density at radius 2 is 1.85 bits per heavy atom. The van der Waals surface area contributed by atoms with E-state index < -0.39 is 34.8 Å². The molecule has 0 N–H and O–H groups in total. The van der Waals surface area contributed by atoms with Crippen molar-refractivity contribution in [3.8, 4) is 0 Å². The van der Waals surface area contributed by atoms with Crippen LogP contribution in [0.15, 0.2) is 11.2 Å². The summed E-state index contributed by atoms with van der Waals surface area (Å²) in [5.41, 5.74) is -0.786. The van der Waals surface area contributed by atoms with E-state index in [1.165, 1.54) is 31.7 Å². The maximum absolute atomic E-state index is 15.2. The molecule has 1 aromatic heterocycles. The van der Waals surface area contributed by atoms with Gasteiger partial charge in [0.05, 0.1) is 24.0 Å². The first-order valence-corrected chi connectivity index (χ1v) is 14.0. The molecule has 2 aliphatic heterocycles. The molecule has 2 aliphatic rings. The summed E-state index contributed by atoms with van der Waals surface area (Å²) in [5, 5.41) is 0.461. The van der Waals surface area contributed by atoms with E-state index in [-0.39, 0.29) is 36.3 Å². The van der Waals surface area contributed by atoms with Gasteiger partial charge in [-0.25, -0.2) is 19.2 Å². The molecular weight excluding hydrogens is 536 g/mol. The fourth-order valence-electron chi connectivity index (χ4n) is 5.18. The zero-order chi connectivity index (χ0) is 28.9. The van der Waals surface area contributed by atoms with Crippen molar-refractivity contribution >= 4 is 23.7 Å². The number of piperazine rings is 1. The molecule has 0 radical (unpaired) electrons. The molecule has 1 unspecified atom stereocenters. The normalized spacial score (nSPS) is 20.2. The average Bonchev–Trinajstić information content (AvgIpc) is 2.83. The fraction of sp³-hybridized carbons (Fsp3) is 0.593. The first-order valence-electron chi connectivity index (χ1n) is 12.8. The number of nitrogens with zero attached hydrogens (tertiary/aromatic N) is 4. The van der Waals surface area contributed by atoms with Crippen molar-refractivity contribution in [2.45, 2.75) is 83.6 Å². The van der Waals surface area contributed by atoms with Gasteiger partial charge in [-0.3, -0.25) is 0 Å². The molecule has 2 aromatic rings. The van der Waals surface area contributed by atoms with Crippen molar-refractivity contribution in [1.82, 2.24) is 14.9 Å². The highest BCUT2D eigenvalue weighted by Crippen LogP contribution is 2.44. The van der Waals surface area contributed by atoms with E-state index in [9.17, 15) is 18.0 Å². The number of rotatable bonds is 3. The Morgan fingerprint density at radius 1 is 1.15 bits per heavy atom. The van der Waals surface area contributed by atoms with Crippen LogP contribution >= 0.6 is 11.8 Å². The number of fused-ring (bicyclic) bond motifs is 1. The van der Waals surface area contributed by atoms with Crippen LogP contribution in [0.4, 0.5) is 28.2 Å². The molecule has 1 amide bonds. The molecule has 39 heavy (non-hydrogen) atoms. The lowest BCUT2D eigenvalue weighted by molar-refractivity contribution is -0.140. The van der Waals surface area contributed by atoms with Crippen LogP contribution in [0.25, 0.3) is 0 Å². The largest absolute Gasteiger partial charge is 0.444 e. The van der Waals surface area contributed by atoms with Crippen molar-refractivity contribution in [2.75, 3.05) is 30.8 Å². The maximum atomic E-state index is 15.2. The zero-order valence-corrected chi connectivity index (χ0v) is 24.0. The van der Waals surface area contributed by atoms with Crippen LogP contribution in [-0.4, -0.2) is 58.5 Å². The molecule has 0 aliphatic carbocycles. The molecule has 0 spiro atoms. The number of anilines is 1. The van der Waals surface area contributed by atoms with E-state index in [1.54, 1.807) is 4.90 Å². The first kappa shape index (κ1) is 29.4. The second-order valence-corrected chi connectivity index (χ2v) is 11.8. The minimum absolute atomic E-state index is 0.0203. The summed E-state index contributed by atoms with van der Waals surface area (Å²) in [6.45, 7) is 11.4. The van der Waals surface area contributed by atoms with Crippen LogP contribution in [0, 0.1) is 19.7 Å². The van der Waals surface area contributed by atoms with Gasteiger partial charge in [-0.2, -0.15) is 13.2 Å². The Labute approximate surface area is 230 Å². The Bertz CT molecular complexity index is 1270. The fourth-order valence-corrected chi connectivity index (χ4v) is 5.56. The number of carbonyl (C=O) groups excluding carboxylic acids is 1. The van der Waals surface area contributed by atoms with E-state index >= 15 is 4.39 Å². The smallest absolute Gasteiger partial charge is 0.417 e. The monoisotopic (exact) mass is 570 g/mol. The number of alkyl halides is 3. The molecule has 12 heteroatoms. The quantitative estimate of drug-likeness (QED) is 0.246. The topological polar surface area (TPSA) is 67.8 Å². The molecule has 0 saturated carbocycles. The highest BCUT2D eigenvalue weighted by Gasteiger charge is 2.41. The van der Waals surface area contributed by atoms with Crippen LogP contribution in [0.3, 0.4) is 0 Å². The van der Waals surface area contributed by atoms with Gasteiger partial charge in [-0.15, -0.1) is 0 Å². The van der Waals surface area contributed by atoms with Crippen molar-refractivity contribution < 1.29 is 31.8 Å². The molecule has 1 fully saturated rings. The second kappa shape index (κ2) is 10.8. The highest BCUT2D eigenvalue weighted by atomic mass is 32.2. The van der Waals surface area contributed by atoms with E-state index in [0.29, 0.717) is 41.9 Å². The summed E-state index contributed by atoms with van der Waals surface area (Å²) in [6, 6.07) is 1.09. The van der Waals surface area contributed by atoms with E-state index in [1.807, 2.05) is 34.0 Å². The molecule has 214 valence electrons. The molecule has 2 atom stereocenters. The number of thioether (sulfide) groups is 1. The van der Waals surface area contributed by atoms with Crippen molar-refractivity contribution in [1.29, 1.82) is 0 Å². The molecule has 1 aromatic carbocycles. The van der Waals surface area contributed by atoms with Gasteiger partial charge in [0, 0.05) is 43.2 Å². The van der Waals surface area contributed by atoms with Crippen LogP contribution in [-0.2, 0) is 28.7 Å². The molecule has 3 heterocycles. The number of aryl methyl sites for hydroxylation is 2. The van der Waals surface area contributed by atoms with Gasteiger partial charge in [0.2, 0.25) is 0 Å². The molecule has 7 nitrogen and oxygen atoms in total. The lowest BCUT2D eigenvalue weighted by Gasteiger charge is -2.42. The number of carbonyl (C=O) groups is 1. The first-order chi connectivity index (χ1) is 18.1. The third kappa shape index (κ3) is 6.11. The predicted octanol–water partition coefficient (Wildman–Crippen LogP) is 6.23. The summed E-state index contributed by atoms with van der Waals surface area (Å²) in [5.74, 6) is -0.288. The standard InChI is InChI=1S/C27H34F4N4O3S/c1-14-10-15(2)22(28)20(21(14)27(29,30)31)19-11-18-17(13-37-19)23(33-24(32-18)39-7)35-9-8-34(12-16(35)3)25(36)38-26(4,5)6/h10,16,19H,8-9,11-13H2,1-7H3/t16-,19?/m0/s1. The Hall–Kier alpha value is -2.60. The Kier molecular flexibility index (Phi) is 8.11. The lowest BCUT2D eigenvalue weighted by Crippen LogP contribution is -2.55. The summed E-state index contributed by atoms with van der Waals surface area (Å²) in [7, 11) is 0. The minimum atomic E-state index is -4.73. The minimum Gasteiger partial charge on any atom is -0.444 e. The van der Waals surface area contributed by atoms with Gasteiger partial charge >= 0.3 is 12.3 Å². The van der Waals surface area contributed by atoms with Crippen LogP contribution < -0.4 is 4.90 Å². The summed E-state index contributed by atoms with van der Waals surface area (Å²) < 4.78 is 68.8. The number of halogens is 4. The Morgan fingerprint density at radius 3 is 2.44 bits per heavy atom. The number of amides is 1. The number of aromatic nitrogens is 2. The molecular formula is C27H34F4N4O3S. The SMILES string of the molecule is CSc1nc2c(c(N3CCN(C(=O)OC(C)(C)C)C[C@@H]3C)n1)COC(c1c(F)c(C)cc(C)c1C(F)(F)F)C2. The summed E-state index contributed by atoms with van der Waals surface area (Å²) in [4.78, 5) is 25.6. The highest BCUT2D eigenvalue weighted by molar-refractivity contribution is 7.98. The number of ether oxygens (including phenoxy) is 2. The maximum Gasteiger partial charge on any atom is 0.417 e. The summed E-state index contributed by atoms with van der Waals surface area (Å²) >= 11 is 1.32. The molecule has 0 bridgehead atoms. The van der Waals surface area contributed by atoms with E-state index in [0.717, 1.165) is 0 Å². The van der Waals surface area contributed by atoms with Crippen LogP contribution in [0.1, 0.15) is 67.3 Å². The van der Waals surface area contributed by atoms with Crippen LogP contribution in [0.2, 0.25) is 0 Å². The number of benzene rings is 1. The summed E-state index contributed by atoms with van der Waals surface area (Å²) in [6.07, 6.45) is -4.47. The van der Waals surface area contributed by atoms with Gasteiger partial charge in [0.25, 0.3) is 0 Å². The third-order valence-electron chi connectivity index (χ3n) is 6.88. The predicted molar refractivity (Wildman–Crippen MR) is 141 cm³/mol. The zero-order valence-electron chi connectivity index (χ0n) is 23.2. The van der Waals surface area contributed by atoms with Gasteiger partial charge in [-0.05, 0) is 58.9 Å². The van der Waals surface area contributed by atoms with E-state index in [2.05, 4.69) is 9.88 Å². The second-order valence-electron chi connectivity index (χ2n) is 11.0. The average molecular weight is 571 g/mol. The van der Waals surface area contributed by atoms with E-state index in [4.69, 9.17) is 14.5 Å². The van der Waals surface area contributed by atoms with Gasteiger partial charge < -0.3 is 19.3 Å². The van der Waals surface area contributed by atoms with Crippen molar-refractivity contribution in [3.05, 3.63) is 45.4 Å². The van der Waals surface area contributed by atoms with Crippen LogP contribution in [0.5, 0.6) is 0 Å². The van der Waals surface area contributed by atoms with Gasteiger partial charge in [0.1, 0.15) is 17.2 Å². The third-order valence-corrected chi connectivity index (χ3v) is 7.42. The van der Waals surface area contributed by atoms with Gasteiger partial charge in [0.15, 0.2) is 5.16 Å². The number of hydrogen-bond acceptors (Lipinski definition) is 7. The molecule has 1 saturated heterocycles. The number of hydrogen-bond donors (Lipinski definition) is 0. The van der Waals surface area contributed by atoms with Gasteiger partial charge in [-0.1, -0.05) is 17.8 Å². The Balaban J connectivity index is 1.66.